The average Bonchev–Trinajstić information content (AvgIpc) is 2.78. The summed E-state index contributed by atoms with van der Waals surface area (Å²) in [5.74, 6) is 0.561. The van der Waals surface area contributed by atoms with Crippen LogP contribution in [0.1, 0.15) is 48.0 Å². The highest BCUT2D eigenvalue weighted by Gasteiger charge is 2.22. The fraction of sp³-hybridized carbons (Fsp3) is 0.458. The van der Waals surface area contributed by atoms with Gasteiger partial charge in [0.25, 0.3) is 5.91 Å². The molecule has 0 atom stereocenters. The van der Waals surface area contributed by atoms with Gasteiger partial charge >= 0.3 is 0 Å². The molecular weight excluding hydrogens is 403 g/mol. The first kappa shape index (κ1) is 21.1. The first-order valence-electron chi connectivity index (χ1n) is 10.8. The van der Waals surface area contributed by atoms with E-state index >= 15 is 0 Å². The van der Waals surface area contributed by atoms with E-state index < -0.39 is 0 Å². The number of rotatable bonds is 5. The van der Waals surface area contributed by atoms with Gasteiger partial charge in [0, 0.05) is 38.3 Å². The van der Waals surface area contributed by atoms with Crippen molar-refractivity contribution in [1.29, 1.82) is 0 Å². The fourth-order valence-corrected chi connectivity index (χ4v) is 4.35. The molecule has 6 heteroatoms. The number of benzene rings is 2. The predicted molar refractivity (Wildman–Crippen MR) is 117 cm³/mol. The van der Waals surface area contributed by atoms with Gasteiger partial charge in [-0.2, -0.15) is 0 Å². The number of piperidine rings is 2. The summed E-state index contributed by atoms with van der Waals surface area (Å²) in [5, 5.41) is 0.162. The summed E-state index contributed by atoms with van der Waals surface area (Å²) < 4.78 is 19.8. The molecule has 2 fully saturated rings. The monoisotopic (exact) mass is 430 g/mol. The van der Waals surface area contributed by atoms with Gasteiger partial charge < -0.3 is 9.64 Å². The van der Waals surface area contributed by atoms with Crippen LogP contribution >= 0.6 is 11.6 Å². The molecule has 0 radical (unpaired) electrons. The van der Waals surface area contributed by atoms with Gasteiger partial charge in [-0.25, -0.2) is 4.39 Å². The van der Waals surface area contributed by atoms with Gasteiger partial charge in [0.15, 0.2) is 0 Å². The van der Waals surface area contributed by atoms with Crippen molar-refractivity contribution in [1.82, 2.24) is 9.80 Å². The Balaban J connectivity index is 1.25. The predicted octanol–water partition coefficient (Wildman–Crippen LogP) is 5.15. The second-order valence-corrected chi connectivity index (χ2v) is 8.63. The molecule has 30 heavy (non-hydrogen) atoms. The summed E-state index contributed by atoms with van der Waals surface area (Å²) in [5.41, 5.74) is 1.67. The number of hydrogen-bond donors (Lipinski definition) is 0. The standard InChI is InChI=1S/C24H28ClFN2O2/c25-22-9-4-18(16-23(22)26)17-27-14-10-21(11-15-27)30-20-7-5-19(6-8-20)24(29)28-12-2-1-3-13-28/h4-9,16,21H,1-3,10-15,17H2. The molecule has 2 aromatic carbocycles. The minimum atomic E-state index is -0.366. The highest BCUT2D eigenvalue weighted by Crippen LogP contribution is 2.23. The van der Waals surface area contributed by atoms with E-state index in [0.29, 0.717) is 6.54 Å². The quantitative estimate of drug-likeness (QED) is 0.657. The Bertz CT molecular complexity index is 860. The van der Waals surface area contributed by atoms with Crippen LogP contribution in [0.5, 0.6) is 5.75 Å². The molecular formula is C24H28ClFN2O2. The van der Waals surface area contributed by atoms with Gasteiger partial charge in [0.2, 0.25) is 0 Å². The van der Waals surface area contributed by atoms with Crippen molar-refractivity contribution in [2.24, 2.45) is 0 Å². The third-order valence-electron chi connectivity index (χ3n) is 5.97. The van der Waals surface area contributed by atoms with Crippen LogP contribution in [0, 0.1) is 5.82 Å². The van der Waals surface area contributed by atoms with Crippen LogP contribution in [0.15, 0.2) is 42.5 Å². The van der Waals surface area contributed by atoms with Crippen molar-refractivity contribution in [3.63, 3.8) is 0 Å². The van der Waals surface area contributed by atoms with Crippen LogP contribution in [0.2, 0.25) is 5.02 Å². The Kier molecular flexibility index (Phi) is 6.90. The molecule has 0 aromatic heterocycles. The Morgan fingerprint density at radius 3 is 2.37 bits per heavy atom. The molecule has 0 spiro atoms. The van der Waals surface area contributed by atoms with Gasteiger partial charge in [-0.05, 0) is 74.1 Å². The second kappa shape index (κ2) is 9.80. The number of ether oxygens (including phenoxy) is 1. The molecule has 2 aliphatic heterocycles. The lowest BCUT2D eigenvalue weighted by Gasteiger charge is -2.32. The van der Waals surface area contributed by atoms with Crippen molar-refractivity contribution in [3.8, 4) is 5.75 Å². The van der Waals surface area contributed by atoms with E-state index in [1.165, 1.54) is 12.5 Å². The zero-order chi connectivity index (χ0) is 20.9. The number of nitrogens with zero attached hydrogens (tertiary/aromatic N) is 2. The number of carbonyl (C=O) groups is 1. The Labute approximate surface area is 182 Å². The third-order valence-corrected chi connectivity index (χ3v) is 6.28. The number of likely N-dealkylation sites (tertiary alicyclic amines) is 2. The van der Waals surface area contributed by atoms with Crippen molar-refractivity contribution in [3.05, 3.63) is 64.4 Å². The lowest BCUT2D eigenvalue weighted by Crippen LogP contribution is -2.37. The van der Waals surface area contributed by atoms with Crippen LogP contribution in [-0.2, 0) is 6.54 Å². The second-order valence-electron chi connectivity index (χ2n) is 8.22. The van der Waals surface area contributed by atoms with Gasteiger partial charge in [0.1, 0.15) is 17.7 Å². The molecule has 0 unspecified atom stereocenters. The zero-order valence-corrected chi connectivity index (χ0v) is 17.9. The first-order valence-corrected chi connectivity index (χ1v) is 11.2. The maximum atomic E-state index is 13.6. The van der Waals surface area contributed by atoms with E-state index in [2.05, 4.69) is 4.90 Å². The first-order chi connectivity index (χ1) is 14.6. The van der Waals surface area contributed by atoms with Crippen LogP contribution in [0.3, 0.4) is 0 Å². The summed E-state index contributed by atoms with van der Waals surface area (Å²) >= 11 is 5.76. The Morgan fingerprint density at radius 1 is 1.00 bits per heavy atom. The Morgan fingerprint density at radius 2 is 1.70 bits per heavy atom. The molecule has 0 saturated carbocycles. The molecule has 0 aliphatic carbocycles. The van der Waals surface area contributed by atoms with Gasteiger partial charge in [-0.15, -0.1) is 0 Å². The lowest BCUT2D eigenvalue weighted by molar-refractivity contribution is 0.0724. The maximum Gasteiger partial charge on any atom is 0.253 e. The zero-order valence-electron chi connectivity index (χ0n) is 17.2. The van der Waals surface area contributed by atoms with Crippen LogP contribution in [0.25, 0.3) is 0 Å². The van der Waals surface area contributed by atoms with Crippen LogP contribution in [-0.4, -0.2) is 48.0 Å². The molecule has 0 N–H and O–H groups in total. The Hall–Kier alpha value is -2.11. The van der Waals surface area contributed by atoms with Crippen LogP contribution in [0.4, 0.5) is 4.39 Å². The summed E-state index contributed by atoms with van der Waals surface area (Å²) in [6.07, 6.45) is 5.41. The van der Waals surface area contributed by atoms with Gasteiger partial charge in [-0.3, -0.25) is 9.69 Å². The SMILES string of the molecule is O=C(c1ccc(OC2CCN(Cc3ccc(Cl)c(F)c3)CC2)cc1)N1CCCCC1. The molecule has 2 saturated heterocycles. The summed E-state index contributed by atoms with van der Waals surface area (Å²) in [4.78, 5) is 16.8. The van der Waals surface area contributed by atoms with Crippen molar-refractivity contribution >= 4 is 17.5 Å². The summed E-state index contributed by atoms with van der Waals surface area (Å²) in [6, 6.07) is 12.5. The van der Waals surface area contributed by atoms with Crippen LogP contribution < -0.4 is 4.74 Å². The van der Waals surface area contributed by atoms with E-state index in [1.54, 1.807) is 6.07 Å². The van der Waals surface area contributed by atoms with E-state index in [1.807, 2.05) is 35.2 Å². The fourth-order valence-electron chi connectivity index (χ4n) is 4.23. The minimum Gasteiger partial charge on any atom is -0.490 e. The number of amides is 1. The maximum absolute atomic E-state index is 13.6. The number of carbonyl (C=O) groups excluding carboxylic acids is 1. The molecule has 2 aliphatic rings. The molecule has 4 rings (SSSR count). The molecule has 0 bridgehead atoms. The molecule has 1 amide bonds. The van der Waals surface area contributed by atoms with Gasteiger partial charge in [0.05, 0.1) is 5.02 Å². The van der Waals surface area contributed by atoms with E-state index in [9.17, 15) is 9.18 Å². The molecule has 4 nitrogen and oxygen atoms in total. The third kappa shape index (κ3) is 5.32. The van der Waals surface area contributed by atoms with Gasteiger partial charge in [-0.1, -0.05) is 17.7 Å². The normalized spacial score (nSPS) is 18.4. The topological polar surface area (TPSA) is 32.8 Å². The average molecular weight is 431 g/mol. The smallest absolute Gasteiger partial charge is 0.253 e. The molecule has 160 valence electrons. The summed E-state index contributed by atoms with van der Waals surface area (Å²) in [7, 11) is 0. The lowest BCUT2D eigenvalue weighted by atomic mass is 10.1. The largest absolute Gasteiger partial charge is 0.490 e. The van der Waals surface area contributed by atoms with Crippen molar-refractivity contribution < 1.29 is 13.9 Å². The molecule has 2 aromatic rings. The van der Waals surface area contributed by atoms with Crippen molar-refractivity contribution in [2.45, 2.75) is 44.8 Å². The summed E-state index contributed by atoms with van der Waals surface area (Å²) in [6.45, 7) is 4.24. The minimum absolute atomic E-state index is 0.119. The van der Waals surface area contributed by atoms with Crippen molar-refractivity contribution in [2.75, 3.05) is 26.2 Å². The van der Waals surface area contributed by atoms with E-state index in [0.717, 1.165) is 68.7 Å². The highest BCUT2D eigenvalue weighted by atomic mass is 35.5. The number of halogens is 2. The highest BCUT2D eigenvalue weighted by molar-refractivity contribution is 6.30. The molecule has 2 heterocycles. The number of hydrogen-bond acceptors (Lipinski definition) is 3. The van der Waals surface area contributed by atoms with E-state index in [4.69, 9.17) is 16.3 Å². The van der Waals surface area contributed by atoms with E-state index in [-0.39, 0.29) is 22.9 Å².